The van der Waals surface area contributed by atoms with E-state index in [1.54, 1.807) is 0 Å². The number of aliphatic hydroxyl groups is 1. The highest BCUT2D eigenvalue weighted by Gasteiger charge is 2.33. The van der Waals surface area contributed by atoms with E-state index < -0.39 is 0 Å². The van der Waals surface area contributed by atoms with Gasteiger partial charge in [-0.2, -0.15) is 0 Å². The Balaban J connectivity index is 1.73. The first kappa shape index (κ1) is 9.93. The Morgan fingerprint density at radius 1 is 1.43 bits per heavy atom. The van der Waals surface area contributed by atoms with Crippen molar-refractivity contribution in [1.29, 1.82) is 0 Å². The Kier molecular flexibility index (Phi) is 2.74. The van der Waals surface area contributed by atoms with Crippen LogP contribution in [-0.2, 0) is 9.53 Å². The minimum Gasteiger partial charge on any atom is -0.393 e. The van der Waals surface area contributed by atoms with E-state index in [4.69, 9.17) is 9.84 Å². The average Bonchev–Trinajstić information content (AvgIpc) is 2.49. The van der Waals surface area contributed by atoms with Gasteiger partial charge >= 0.3 is 0 Å². The summed E-state index contributed by atoms with van der Waals surface area (Å²) in [5.41, 5.74) is 0. The van der Waals surface area contributed by atoms with Crippen molar-refractivity contribution >= 4 is 5.91 Å². The van der Waals surface area contributed by atoms with Gasteiger partial charge in [-0.3, -0.25) is 4.79 Å². The van der Waals surface area contributed by atoms with Crippen molar-refractivity contribution in [3.05, 3.63) is 0 Å². The van der Waals surface area contributed by atoms with E-state index in [0.29, 0.717) is 12.8 Å². The summed E-state index contributed by atoms with van der Waals surface area (Å²) in [5.74, 6) is -0.00810. The Morgan fingerprint density at radius 3 is 2.64 bits per heavy atom. The summed E-state index contributed by atoms with van der Waals surface area (Å²) < 4.78 is 5.44. The summed E-state index contributed by atoms with van der Waals surface area (Å²) in [6.45, 7) is 1.99. The summed E-state index contributed by atoms with van der Waals surface area (Å²) in [5, 5.41) is 11.9. The molecule has 2 unspecified atom stereocenters. The van der Waals surface area contributed by atoms with Gasteiger partial charge in [0, 0.05) is 6.04 Å². The van der Waals surface area contributed by atoms with Gasteiger partial charge in [0.15, 0.2) is 0 Å². The second-order valence-electron chi connectivity index (χ2n) is 4.34. The summed E-state index contributed by atoms with van der Waals surface area (Å²) >= 11 is 0. The van der Waals surface area contributed by atoms with Crippen LogP contribution >= 0.6 is 0 Å². The zero-order chi connectivity index (χ0) is 10.1. The molecule has 4 heteroatoms. The first-order valence-electron chi connectivity index (χ1n) is 5.29. The smallest absolute Gasteiger partial charge is 0.249 e. The number of hydrogen-bond donors (Lipinski definition) is 2. The highest BCUT2D eigenvalue weighted by Crippen LogP contribution is 2.22. The third kappa shape index (κ3) is 2.07. The Bertz CT molecular complexity index is 225. The summed E-state index contributed by atoms with van der Waals surface area (Å²) in [4.78, 5) is 11.6. The van der Waals surface area contributed by atoms with Crippen molar-refractivity contribution < 1.29 is 14.6 Å². The van der Waals surface area contributed by atoms with E-state index in [1.807, 2.05) is 6.92 Å². The largest absolute Gasteiger partial charge is 0.393 e. The normalized spacial score (nSPS) is 41.9. The zero-order valence-corrected chi connectivity index (χ0v) is 8.40. The van der Waals surface area contributed by atoms with Crippen LogP contribution in [0.25, 0.3) is 0 Å². The molecule has 1 aliphatic carbocycles. The van der Waals surface area contributed by atoms with Crippen LogP contribution in [-0.4, -0.2) is 35.4 Å². The van der Waals surface area contributed by atoms with Crippen LogP contribution in [0.3, 0.4) is 0 Å². The molecule has 0 aromatic carbocycles. The standard InChI is InChI=1S/C10H17NO3/c1-6-2-3-9(14-6)10(13)11-7-4-8(12)5-7/h6-9,12H,2-5H2,1H3,(H,11,13). The number of aliphatic hydroxyl groups excluding tert-OH is 1. The molecule has 0 bridgehead atoms. The molecule has 2 N–H and O–H groups in total. The molecule has 2 rings (SSSR count). The minimum absolute atomic E-state index is 0.00810. The van der Waals surface area contributed by atoms with E-state index in [1.165, 1.54) is 0 Å². The maximum absolute atomic E-state index is 11.6. The van der Waals surface area contributed by atoms with Crippen molar-refractivity contribution in [2.24, 2.45) is 0 Å². The van der Waals surface area contributed by atoms with E-state index >= 15 is 0 Å². The molecule has 2 aliphatic rings. The van der Waals surface area contributed by atoms with Crippen LogP contribution < -0.4 is 5.32 Å². The fourth-order valence-corrected chi connectivity index (χ4v) is 2.00. The van der Waals surface area contributed by atoms with Gasteiger partial charge in [0.05, 0.1) is 12.2 Å². The minimum atomic E-state index is -0.261. The van der Waals surface area contributed by atoms with Crippen molar-refractivity contribution in [3.63, 3.8) is 0 Å². The van der Waals surface area contributed by atoms with Gasteiger partial charge in [0.25, 0.3) is 0 Å². The molecule has 2 atom stereocenters. The van der Waals surface area contributed by atoms with Gasteiger partial charge in [0.1, 0.15) is 6.10 Å². The fourth-order valence-electron chi connectivity index (χ4n) is 2.00. The van der Waals surface area contributed by atoms with Gasteiger partial charge in [-0.15, -0.1) is 0 Å². The maximum Gasteiger partial charge on any atom is 0.249 e. The number of rotatable bonds is 2. The Morgan fingerprint density at radius 2 is 2.14 bits per heavy atom. The summed E-state index contributed by atoms with van der Waals surface area (Å²) in [6, 6.07) is 0.164. The maximum atomic E-state index is 11.6. The molecule has 80 valence electrons. The lowest BCUT2D eigenvalue weighted by Crippen LogP contribution is -2.49. The van der Waals surface area contributed by atoms with Crippen LogP contribution in [0.15, 0.2) is 0 Å². The molecule has 0 aromatic heterocycles. The van der Waals surface area contributed by atoms with Crippen molar-refractivity contribution in [2.75, 3.05) is 0 Å². The molecule has 1 saturated heterocycles. The average molecular weight is 199 g/mol. The molecule has 0 aromatic rings. The quantitative estimate of drug-likeness (QED) is 0.667. The lowest BCUT2D eigenvalue weighted by atomic mass is 9.89. The van der Waals surface area contributed by atoms with Crippen LogP contribution in [0.1, 0.15) is 32.6 Å². The molecule has 1 heterocycles. The van der Waals surface area contributed by atoms with E-state index in [-0.39, 0.29) is 30.3 Å². The predicted molar refractivity (Wildman–Crippen MR) is 50.7 cm³/mol. The van der Waals surface area contributed by atoms with E-state index in [9.17, 15) is 4.79 Å². The third-order valence-electron chi connectivity index (χ3n) is 2.98. The number of ether oxygens (including phenoxy) is 1. The number of amides is 1. The number of carbonyl (C=O) groups excluding carboxylic acids is 1. The van der Waals surface area contributed by atoms with Crippen molar-refractivity contribution in [2.45, 2.75) is 57.0 Å². The topological polar surface area (TPSA) is 58.6 Å². The molecule has 0 spiro atoms. The number of carbonyl (C=O) groups is 1. The molecular weight excluding hydrogens is 182 g/mol. The zero-order valence-electron chi connectivity index (χ0n) is 8.40. The van der Waals surface area contributed by atoms with Gasteiger partial charge in [-0.05, 0) is 32.6 Å². The lowest BCUT2D eigenvalue weighted by Gasteiger charge is -2.32. The van der Waals surface area contributed by atoms with Crippen LogP contribution in [0.2, 0.25) is 0 Å². The van der Waals surface area contributed by atoms with Crippen molar-refractivity contribution in [3.8, 4) is 0 Å². The monoisotopic (exact) mass is 199 g/mol. The highest BCUT2D eigenvalue weighted by atomic mass is 16.5. The van der Waals surface area contributed by atoms with E-state index in [0.717, 1.165) is 12.8 Å². The predicted octanol–water partition coefficient (Wildman–Crippen LogP) is 0.193. The molecule has 4 nitrogen and oxygen atoms in total. The van der Waals surface area contributed by atoms with Gasteiger partial charge in [-0.25, -0.2) is 0 Å². The van der Waals surface area contributed by atoms with Gasteiger partial charge in [0.2, 0.25) is 5.91 Å². The van der Waals surface area contributed by atoms with Gasteiger partial charge in [-0.1, -0.05) is 0 Å². The number of hydrogen-bond acceptors (Lipinski definition) is 3. The highest BCUT2D eigenvalue weighted by molar-refractivity contribution is 5.81. The molecule has 0 radical (unpaired) electrons. The summed E-state index contributed by atoms with van der Waals surface area (Å²) in [6.07, 6.45) is 2.89. The molecule has 2 fully saturated rings. The Labute approximate surface area is 83.6 Å². The molecule has 1 saturated carbocycles. The van der Waals surface area contributed by atoms with Crippen molar-refractivity contribution in [1.82, 2.24) is 5.32 Å². The van der Waals surface area contributed by atoms with E-state index in [2.05, 4.69) is 5.32 Å². The Hall–Kier alpha value is -0.610. The second-order valence-corrected chi connectivity index (χ2v) is 4.34. The number of nitrogens with one attached hydrogen (secondary N) is 1. The SMILES string of the molecule is CC1CCC(C(=O)NC2CC(O)C2)O1. The van der Waals surface area contributed by atoms with Crippen LogP contribution in [0.4, 0.5) is 0 Å². The molecule has 1 amide bonds. The molecule has 14 heavy (non-hydrogen) atoms. The molecular formula is C10H17NO3. The second kappa shape index (κ2) is 3.87. The third-order valence-corrected chi connectivity index (χ3v) is 2.98. The van der Waals surface area contributed by atoms with Crippen LogP contribution in [0, 0.1) is 0 Å². The molecule has 1 aliphatic heterocycles. The van der Waals surface area contributed by atoms with Gasteiger partial charge < -0.3 is 15.2 Å². The van der Waals surface area contributed by atoms with Crippen LogP contribution in [0.5, 0.6) is 0 Å². The first-order valence-corrected chi connectivity index (χ1v) is 5.29. The first-order chi connectivity index (χ1) is 6.65. The fraction of sp³-hybridized carbons (Fsp3) is 0.900. The summed E-state index contributed by atoms with van der Waals surface area (Å²) in [7, 11) is 0. The lowest BCUT2D eigenvalue weighted by molar-refractivity contribution is -0.133.